The fourth-order valence-corrected chi connectivity index (χ4v) is 2.56. The standard InChI is InChI=1S/C18H14ClNO4/c1-18(2,11-7-9-12(19)10-8-11)17(23)24-20-15(21)13-5-3-4-6-14(13)16(20)22/h3-10H,1-2H3. The maximum atomic E-state index is 12.5. The quantitative estimate of drug-likeness (QED) is 0.801. The fourth-order valence-electron chi connectivity index (χ4n) is 2.43. The van der Waals surface area contributed by atoms with Crippen LogP contribution in [0.4, 0.5) is 0 Å². The number of halogens is 1. The highest BCUT2D eigenvalue weighted by molar-refractivity contribution is 6.30. The molecule has 24 heavy (non-hydrogen) atoms. The second-order valence-corrected chi connectivity index (χ2v) is 6.40. The molecule has 0 atom stereocenters. The van der Waals surface area contributed by atoms with Crippen LogP contribution in [0.1, 0.15) is 40.1 Å². The lowest BCUT2D eigenvalue weighted by Crippen LogP contribution is -2.40. The highest BCUT2D eigenvalue weighted by Gasteiger charge is 2.42. The number of amides is 2. The summed E-state index contributed by atoms with van der Waals surface area (Å²) in [5, 5.41) is 1.06. The van der Waals surface area contributed by atoms with E-state index in [2.05, 4.69) is 0 Å². The van der Waals surface area contributed by atoms with Crippen LogP contribution in [-0.2, 0) is 15.0 Å². The van der Waals surface area contributed by atoms with Crippen molar-refractivity contribution in [2.45, 2.75) is 19.3 Å². The maximum absolute atomic E-state index is 12.5. The molecule has 5 nitrogen and oxygen atoms in total. The van der Waals surface area contributed by atoms with Crippen LogP contribution in [0.5, 0.6) is 0 Å². The summed E-state index contributed by atoms with van der Waals surface area (Å²) in [5.41, 5.74) is 0.0487. The summed E-state index contributed by atoms with van der Waals surface area (Å²) in [6, 6.07) is 13.1. The Kier molecular flexibility index (Phi) is 3.89. The van der Waals surface area contributed by atoms with Crippen molar-refractivity contribution in [3.05, 3.63) is 70.2 Å². The highest BCUT2D eigenvalue weighted by atomic mass is 35.5. The Morgan fingerprint density at radius 2 is 1.46 bits per heavy atom. The van der Waals surface area contributed by atoms with Gasteiger partial charge in [0, 0.05) is 5.02 Å². The molecule has 122 valence electrons. The van der Waals surface area contributed by atoms with Crippen molar-refractivity contribution in [3.63, 3.8) is 0 Å². The van der Waals surface area contributed by atoms with Gasteiger partial charge < -0.3 is 4.84 Å². The number of carbonyl (C=O) groups excluding carboxylic acids is 3. The first-order valence-corrected chi connectivity index (χ1v) is 7.66. The van der Waals surface area contributed by atoms with Crippen LogP contribution in [-0.4, -0.2) is 22.8 Å². The monoisotopic (exact) mass is 343 g/mol. The highest BCUT2D eigenvalue weighted by Crippen LogP contribution is 2.29. The fraction of sp³-hybridized carbons (Fsp3) is 0.167. The first-order chi connectivity index (χ1) is 11.3. The molecule has 0 fully saturated rings. The average Bonchev–Trinajstić information content (AvgIpc) is 2.80. The van der Waals surface area contributed by atoms with Crippen LogP contribution >= 0.6 is 11.6 Å². The van der Waals surface area contributed by atoms with E-state index < -0.39 is 23.2 Å². The molecule has 0 bridgehead atoms. The number of carbonyl (C=O) groups is 3. The zero-order valence-electron chi connectivity index (χ0n) is 13.1. The molecule has 0 saturated heterocycles. The van der Waals surface area contributed by atoms with Gasteiger partial charge in [-0.2, -0.15) is 0 Å². The van der Waals surface area contributed by atoms with Gasteiger partial charge in [-0.1, -0.05) is 40.9 Å². The predicted octanol–water partition coefficient (Wildman–Crippen LogP) is 3.37. The Labute approximate surface area is 143 Å². The Balaban J connectivity index is 1.84. The third kappa shape index (κ3) is 2.57. The second kappa shape index (κ2) is 5.76. The first kappa shape index (κ1) is 16.2. The molecule has 2 aromatic rings. The minimum absolute atomic E-state index is 0.222. The molecule has 1 aliphatic rings. The molecule has 0 unspecified atom stereocenters. The third-order valence-corrected chi connectivity index (χ3v) is 4.26. The second-order valence-electron chi connectivity index (χ2n) is 5.96. The zero-order valence-corrected chi connectivity index (χ0v) is 13.8. The average molecular weight is 344 g/mol. The van der Waals surface area contributed by atoms with E-state index >= 15 is 0 Å². The van der Waals surface area contributed by atoms with E-state index in [0.717, 1.165) is 0 Å². The predicted molar refractivity (Wildman–Crippen MR) is 87.5 cm³/mol. The Morgan fingerprint density at radius 1 is 0.958 bits per heavy atom. The van der Waals surface area contributed by atoms with Crippen molar-refractivity contribution in [2.75, 3.05) is 0 Å². The van der Waals surface area contributed by atoms with Gasteiger partial charge in [0.1, 0.15) is 0 Å². The topological polar surface area (TPSA) is 63.7 Å². The number of benzene rings is 2. The van der Waals surface area contributed by atoms with Gasteiger partial charge in [-0.3, -0.25) is 9.59 Å². The van der Waals surface area contributed by atoms with Crippen molar-refractivity contribution >= 4 is 29.4 Å². The van der Waals surface area contributed by atoms with Gasteiger partial charge in [0.15, 0.2) is 0 Å². The smallest absolute Gasteiger partial charge is 0.329 e. The molecule has 1 heterocycles. The summed E-state index contributed by atoms with van der Waals surface area (Å²) in [7, 11) is 0. The normalized spacial score (nSPS) is 13.9. The number of imide groups is 1. The van der Waals surface area contributed by atoms with E-state index in [9.17, 15) is 14.4 Å². The number of fused-ring (bicyclic) bond motifs is 1. The molecular formula is C18H14ClNO4. The van der Waals surface area contributed by atoms with E-state index in [1.54, 1.807) is 50.2 Å². The van der Waals surface area contributed by atoms with Crippen LogP contribution in [0.15, 0.2) is 48.5 Å². The van der Waals surface area contributed by atoms with Gasteiger partial charge in [-0.25, -0.2) is 4.79 Å². The maximum Gasteiger partial charge on any atom is 0.343 e. The van der Waals surface area contributed by atoms with Crippen molar-refractivity contribution in [1.82, 2.24) is 5.06 Å². The minimum Gasteiger partial charge on any atom is -0.329 e. The van der Waals surface area contributed by atoms with Crippen LogP contribution in [0.2, 0.25) is 5.02 Å². The Morgan fingerprint density at radius 3 is 1.96 bits per heavy atom. The summed E-state index contributed by atoms with van der Waals surface area (Å²) < 4.78 is 0. The van der Waals surface area contributed by atoms with E-state index in [4.69, 9.17) is 16.4 Å². The van der Waals surface area contributed by atoms with Crippen molar-refractivity contribution in [3.8, 4) is 0 Å². The van der Waals surface area contributed by atoms with Gasteiger partial charge in [-0.05, 0) is 43.7 Å². The van der Waals surface area contributed by atoms with Crippen molar-refractivity contribution in [1.29, 1.82) is 0 Å². The molecular weight excluding hydrogens is 330 g/mol. The van der Waals surface area contributed by atoms with Crippen LogP contribution in [0, 0.1) is 0 Å². The molecule has 0 aromatic heterocycles. The third-order valence-electron chi connectivity index (χ3n) is 4.01. The number of rotatable bonds is 3. The lowest BCUT2D eigenvalue weighted by Gasteiger charge is -2.24. The number of hydrogen-bond acceptors (Lipinski definition) is 4. The van der Waals surface area contributed by atoms with E-state index in [-0.39, 0.29) is 11.1 Å². The van der Waals surface area contributed by atoms with E-state index in [1.807, 2.05) is 0 Å². The van der Waals surface area contributed by atoms with Crippen molar-refractivity contribution in [2.24, 2.45) is 0 Å². The van der Waals surface area contributed by atoms with E-state index in [0.29, 0.717) is 15.6 Å². The minimum atomic E-state index is -1.06. The number of nitrogens with zero attached hydrogens (tertiary/aromatic N) is 1. The van der Waals surface area contributed by atoms with Crippen molar-refractivity contribution < 1.29 is 19.2 Å². The number of hydroxylamine groups is 2. The van der Waals surface area contributed by atoms with Gasteiger partial charge in [0.25, 0.3) is 11.8 Å². The Hall–Kier alpha value is -2.66. The van der Waals surface area contributed by atoms with Crippen LogP contribution in [0.25, 0.3) is 0 Å². The molecule has 2 amide bonds. The molecule has 1 aliphatic heterocycles. The zero-order chi connectivity index (χ0) is 17.5. The lowest BCUT2D eigenvalue weighted by atomic mass is 9.85. The summed E-state index contributed by atoms with van der Waals surface area (Å²) in [6.07, 6.45) is 0. The summed E-state index contributed by atoms with van der Waals surface area (Å²) in [4.78, 5) is 42.2. The van der Waals surface area contributed by atoms with Gasteiger partial charge in [0.2, 0.25) is 0 Å². The molecule has 0 saturated carbocycles. The first-order valence-electron chi connectivity index (χ1n) is 7.28. The van der Waals surface area contributed by atoms with E-state index in [1.165, 1.54) is 12.1 Å². The molecule has 2 aromatic carbocycles. The van der Waals surface area contributed by atoms with Gasteiger partial charge in [-0.15, -0.1) is 0 Å². The SMILES string of the molecule is CC(C)(C(=O)ON1C(=O)c2ccccc2C1=O)c1ccc(Cl)cc1. The summed E-state index contributed by atoms with van der Waals surface area (Å²) in [5.74, 6) is -1.99. The summed E-state index contributed by atoms with van der Waals surface area (Å²) >= 11 is 5.85. The number of hydrogen-bond donors (Lipinski definition) is 0. The molecule has 3 rings (SSSR count). The largest absolute Gasteiger partial charge is 0.343 e. The molecule has 0 N–H and O–H groups in total. The lowest BCUT2D eigenvalue weighted by molar-refractivity contribution is -0.174. The molecule has 0 spiro atoms. The molecule has 0 radical (unpaired) electrons. The Bertz CT molecular complexity index is 807. The van der Waals surface area contributed by atoms with Crippen LogP contribution in [0.3, 0.4) is 0 Å². The molecule has 0 aliphatic carbocycles. The molecule has 6 heteroatoms. The van der Waals surface area contributed by atoms with Gasteiger partial charge >= 0.3 is 5.97 Å². The van der Waals surface area contributed by atoms with Gasteiger partial charge in [0.05, 0.1) is 16.5 Å². The van der Waals surface area contributed by atoms with Crippen LogP contribution < -0.4 is 0 Å². The summed E-state index contributed by atoms with van der Waals surface area (Å²) in [6.45, 7) is 3.30.